The monoisotopic (exact) mass is 472 g/mol. The van der Waals surface area contributed by atoms with Gasteiger partial charge in [0.2, 0.25) is 5.91 Å². The molecule has 0 aliphatic carbocycles. The van der Waals surface area contributed by atoms with Crippen LogP contribution in [0, 0.1) is 12.7 Å². The van der Waals surface area contributed by atoms with Crippen LogP contribution >= 0.6 is 0 Å². The maximum Gasteiger partial charge on any atom is 0.264 e. The molecule has 0 radical (unpaired) electrons. The van der Waals surface area contributed by atoms with Crippen molar-refractivity contribution in [2.45, 2.75) is 11.8 Å². The molecule has 0 saturated heterocycles. The van der Waals surface area contributed by atoms with E-state index in [4.69, 9.17) is 9.47 Å². The first-order valence-corrected chi connectivity index (χ1v) is 11.6. The summed E-state index contributed by atoms with van der Waals surface area (Å²) in [5, 5.41) is 2.66. The Kier molecular flexibility index (Phi) is 7.89. The van der Waals surface area contributed by atoms with E-state index in [0.717, 1.165) is 9.87 Å². The van der Waals surface area contributed by atoms with Gasteiger partial charge < -0.3 is 14.8 Å². The Bertz CT molecular complexity index is 1190. The highest BCUT2D eigenvalue weighted by Crippen LogP contribution is 2.33. The van der Waals surface area contributed by atoms with Crippen LogP contribution in [0.5, 0.6) is 11.5 Å². The topological polar surface area (TPSA) is 84.9 Å². The lowest BCUT2D eigenvalue weighted by Gasteiger charge is -2.26. The first-order valence-electron chi connectivity index (χ1n) is 10.2. The largest absolute Gasteiger partial charge is 0.495 e. The minimum atomic E-state index is -4.05. The molecule has 0 spiro atoms. The molecule has 0 fully saturated rings. The molecule has 3 aromatic rings. The van der Waals surface area contributed by atoms with Gasteiger partial charge in [-0.1, -0.05) is 24.3 Å². The highest BCUT2D eigenvalue weighted by Gasteiger charge is 2.29. The standard InChI is InChI=1S/C24H25FN2O5S/c1-18-8-13-23(31-2)22(16-18)27(33(29,30)21-6-4-3-5-7-21)17-24(28)26-14-15-32-20-11-9-19(25)10-12-20/h3-13,16H,14-15,17H2,1-2H3,(H,26,28). The fourth-order valence-electron chi connectivity index (χ4n) is 3.09. The number of nitrogens with zero attached hydrogens (tertiary/aromatic N) is 1. The highest BCUT2D eigenvalue weighted by atomic mass is 32.2. The van der Waals surface area contributed by atoms with Gasteiger partial charge in [-0.25, -0.2) is 12.8 Å². The summed E-state index contributed by atoms with van der Waals surface area (Å²) in [7, 11) is -2.61. The number of halogens is 1. The van der Waals surface area contributed by atoms with E-state index in [1.54, 1.807) is 36.4 Å². The van der Waals surface area contributed by atoms with Crippen LogP contribution in [-0.4, -0.2) is 41.1 Å². The minimum absolute atomic E-state index is 0.0565. The number of aryl methyl sites for hydroxylation is 1. The van der Waals surface area contributed by atoms with Crippen LogP contribution in [0.3, 0.4) is 0 Å². The lowest BCUT2D eigenvalue weighted by Crippen LogP contribution is -2.42. The first-order chi connectivity index (χ1) is 15.8. The van der Waals surface area contributed by atoms with Crippen molar-refractivity contribution >= 4 is 21.6 Å². The number of nitrogens with one attached hydrogen (secondary N) is 1. The van der Waals surface area contributed by atoms with Gasteiger partial charge in [-0.15, -0.1) is 0 Å². The Morgan fingerprint density at radius 2 is 1.73 bits per heavy atom. The number of amides is 1. The smallest absolute Gasteiger partial charge is 0.264 e. The molecule has 1 amide bonds. The molecule has 0 heterocycles. The number of carbonyl (C=O) groups excluding carboxylic acids is 1. The maximum absolute atomic E-state index is 13.4. The van der Waals surface area contributed by atoms with Crippen LogP contribution in [-0.2, 0) is 14.8 Å². The van der Waals surface area contributed by atoms with Gasteiger partial charge in [0, 0.05) is 0 Å². The van der Waals surface area contributed by atoms with Crippen molar-refractivity contribution < 1.29 is 27.1 Å². The highest BCUT2D eigenvalue weighted by molar-refractivity contribution is 7.92. The third-order valence-corrected chi connectivity index (χ3v) is 6.50. The predicted octanol–water partition coefficient (Wildman–Crippen LogP) is 3.53. The fraction of sp³-hybridized carbons (Fsp3) is 0.208. The number of methoxy groups -OCH3 is 1. The van der Waals surface area contributed by atoms with E-state index in [9.17, 15) is 17.6 Å². The van der Waals surface area contributed by atoms with E-state index in [1.165, 1.54) is 43.5 Å². The quantitative estimate of drug-likeness (QED) is 0.457. The van der Waals surface area contributed by atoms with E-state index in [2.05, 4.69) is 5.32 Å². The second-order valence-electron chi connectivity index (χ2n) is 7.15. The van der Waals surface area contributed by atoms with Crippen molar-refractivity contribution in [1.29, 1.82) is 0 Å². The molecule has 3 aromatic carbocycles. The van der Waals surface area contributed by atoms with Crippen LogP contribution in [0.15, 0.2) is 77.7 Å². The zero-order valence-electron chi connectivity index (χ0n) is 18.3. The van der Waals surface area contributed by atoms with Crippen LogP contribution < -0.4 is 19.1 Å². The predicted molar refractivity (Wildman–Crippen MR) is 124 cm³/mol. The number of rotatable bonds is 10. The average Bonchev–Trinajstić information content (AvgIpc) is 2.82. The summed E-state index contributed by atoms with van der Waals surface area (Å²) in [5.74, 6) is -0.0984. The summed E-state index contributed by atoms with van der Waals surface area (Å²) < 4.78 is 51.7. The fourth-order valence-corrected chi connectivity index (χ4v) is 4.54. The molecule has 9 heteroatoms. The number of hydrogen-bond donors (Lipinski definition) is 1. The summed E-state index contributed by atoms with van der Waals surface area (Å²) in [6.45, 7) is 1.65. The summed E-state index contributed by atoms with van der Waals surface area (Å²) in [5.41, 5.74) is 1.08. The second kappa shape index (κ2) is 10.8. The van der Waals surface area contributed by atoms with Crippen molar-refractivity contribution in [3.8, 4) is 11.5 Å². The van der Waals surface area contributed by atoms with Crippen LogP contribution in [0.4, 0.5) is 10.1 Å². The van der Waals surface area contributed by atoms with Gasteiger partial charge in [0.25, 0.3) is 10.0 Å². The van der Waals surface area contributed by atoms with Crippen molar-refractivity contribution in [2.75, 3.05) is 31.1 Å². The Morgan fingerprint density at radius 1 is 1.03 bits per heavy atom. The molecule has 0 aliphatic heterocycles. The van der Waals surface area contributed by atoms with Gasteiger partial charge in [0.1, 0.15) is 30.5 Å². The van der Waals surface area contributed by atoms with Crippen molar-refractivity contribution in [3.63, 3.8) is 0 Å². The first kappa shape index (κ1) is 24.1. The van der Waals surface area contributed by atoms with E-state index in [-0.39, 0.29) is 29.6 Å². The summed E-state index contributed by atoms with van der Waals surface area (Å²) >= 11 is 0. The van der Waals surface area contributed by atoms with E-state index >= 15 is 0 Å². The summed E-state index contributed by atoms with van der Waals surface area (Å²) in [4.78, 5) is 12.7. The van der Waals surface area contributed by atoms with Crippen molar-refractivity contribution in [1.82, 2.24) is 5.32 Å². The normalized spacial score (nSPS) is 11.0. The van der Waals surface area contributed by atoms with Gasteiger partial charge in [0.15, 0.2) is 0 Å². The number of sulfonamides is 1. The number of anilines is 1. The molecule has 0 bridgehead atoms. The number of benzene rings is 3. The molecule has 1 N–H and O–H groups in total. The van der Waals surface area contributed by atoms with Gasteiger partial charge >= 0.3 is 0 Å². The Morgan fingerprint density at radius 3 is 2.39 bits per heavy atom. The minimum Gasteiger partial charge on any atom is -0.495 e. The van der Waals surface area contributed by atoms with Crippen molar-refractivity contribution in [2.24, 2.45) is 0 Å². The molecule has 174 valence electrons. The van der Waals surface area contributed by atoms with Crippen LogP contribution in [0.2, 0.25) is 0 Å². The van der Waals surface area contributed by atoms with Gasteiger partial charge in [0.05, 0.1) is 24.2 Å². The van der Waals surface area contributed by atoms with Crippen molar-refractivity contribution in [3.05, 3.63) is 84.2 Å². The Hall–Kier alpha value is -3.59. The van der Waals surface area contributed by atoms with E-state index < -0.39 is 22.5 Å². The zero-order chi connectivity index (χ0) is 23.8. The molecule has 3 rings (SSSR count). The lowest BCUT2D eigenvalue weighted by atomic mass is 10.2. The molecular weight excluding hydrogens is 447 g/mol. The van der Waals surface area contributed by atoms with Gasteiger partial charge in [-0.3, -0.25) is 9.10 Å². The maximum atomic E-state index is 13.4. The van der Waals surface area contributed by atoms with Gasteiger partial charge in [-0.05, 0) is 61.0 Å². The number of hydrogen-bond acceptors (Lipinski definition) is 5. The Labute approximate surface area is 192 Å². The van der Waals surface area contributed by atoms with Gasteiger partial charge in [-0.2, -0.15) is 0 Å². The molecule has 33 heavy (non-hydrogen) atoms. The van der Waals surface area contributed by atoms with Crippen LogP contribution in [0.1, 0.15) is 5.56 Å². The average molecular weight is 473 g/mol. The third kappa shape index (κ3) is 6.23. The number of ether oxygens (including phenoxy) is 2. The van der Waals surface area contributed by atoms with Crippen LogP contribution in [0.25, 0.3) is 0 Å². The molecule has 0 aliphatic rings. The molecule has 0 aromatic heterocycles. The number of carbonyl (C=O) groups is 1. The third-order valence-electron chi connectivity index (χ3n) is 4.73. The van der Waals surface area contributed by atoms with E-state index in [0.29, 0.717) is 11.5 Å². The summed E-state index contributed by atoms with van der Waals surface area (Å²) in [6, 6.07) is 18.5. The Balaban J connectivity index is 1.76. The molecule has 0 atom stereocenters. The van der Waals surface area contributed by atoms with E-state index in [1.807, 2.05) is 6.92 Å². The molecule has 7 nitrogen and oxygen atoms in total. The second-order valence-corrected chi connectivity index (χ2v) is 9.01. The molecule has 0 unspecified atom stereocenters. The SMILES string of the molecule is COc1ccc(C)cc1N(CC(=O)NCCOc1ccc(F)cc1)S(=O)(=O)c1ccccc1. The lowest BCUT2D eigenvalue weighted by molar-refractivity contribution is -0.119. The zero-order valence-corrected chi connectivity index (χ0v) is 19.1. The molecule has 0 saturated carbocycles. The summed E-state index contributed by atoms with van der Waals surface area (Å²) in [6.07, 6.45) is 0. The molecular formula is C24H25FN2O5S.